The molecule has 7 nitrogen and oxygen atoms in total. The summed E-state index contributed by atoms with van der Waals surface area (Å²) in [7, 11) is 4.12. The van der Waals surface area contributed by atoms with E-state index in [-0.39, 0.29) is 11.8 Å². The predicted octanol–water partition coefficient (Wildman–Crippen LogP) is 0.555. The number of thioether (sulfide) groups is 1. The van der Waals surface area contributed by atoms with Crippen molar-refractivity contribution in [1.82, 2.24) is 19.9 Å². The summed E-state index contributed by atoms with van der Waals surface area (Å²) in [6.07, 6.45) is 1.11. The number of aliphatic carboxylic acids is 1. The maximum Gasteiger partial charge on any atom is 0.314 e. The van der Waals surface area contributed by atoms with Gasteiger partial charge in [0.2, 0.25) is 0 Å². The molecule has 1 aliphatic heterocycles. The first-order valence-corrected chi connectivity index (χ1v) is 7.12. The molecule has 8 heteroatoms. The van der Waals surface area contributed by atoms with Crippen molar-refractivity contribution in [1.29, 1.82) is 0 Å². The molecule has 1 N–H and O–H groups in total. The average molecular weight is 286 g/mol. The number of hydrogen-bond acceptors (Lipinski definition) is 7. The summed E-state index contributed by atoms with van der Waals surface area (Å²) >= 11 is 1.05. The average Bonchev–Trinajstić information content (AvgIpc) is 2.75. The van der Waals surface area contributed by atoms with Gasteiger partial charge in [-0.05, 0) is 33.6 Å². The van der Waals surface area contributed by atoms with Crippen LogP contribution in [0.15, 0.2) is 9.75 Å². The zero-order valence-electron chi connectivity index (χ0n) is 11.1. The number of hydrogen-bond donors (Lipinski definition) is 1. The van der Waals surface area contributed by atoms with Crippen LogP contribution in [0.3, 0.4) is 0 Å². The largest absolute Gasteiger partial charge is 0.481 e. The van der Waals surface area contributed by atoms with Gasteiger partial charge in [-0.15, -0.1) is 0 Å². The van der Waals surface area contributed by atoms with Crippen LogP contribution in [0.4, 0.5) is 0 Å². The maximum atomic E-state index is 10.5. The van der Waals surface area contributed by atoms with E-state index in [4.69, 9.17) is 9.63 Å². The number of likely N-dealkylation sites (N-methyl/N-ethyl adjacent to an activating group) is 2. The molecule has 0 aromatic carbocycles. The zero-order valence-corrected chi connectivity index (χ0v) is 11.9. The topological polar surface area (TPSA) is 82.7 Å². The van der Waals surface area contributed by atoms with E-state index in [1.807, 2.05) is 7.05 Å². The Labute approximate surface area is 115 Å². The van der Waals surface area contributed by atoms with E-state index in [0.717, 1.165) is 37.8 Å². The van der Waals surface area contributed by atoms with E-state index in [2.05, 4.69) is 27.0 Å². The second-order valence-electron chi connectivity index (χ2n) is 4.71. The Balaban J connectivity index is 2.05. The fourth-order valence-electron chi connectivity index (χ4n) is 2.09. The van der Waals surface area contributed by atoms with Gasteiger partial charge in [0.25, 0.3) is 5.22 Å². The second-order valence-corrected chi connectivity index (χ2v) is 5.64. The molecule has 19 heavy (non-hydrogen) atoms. The molecule has 1 fully saturated rings. The molecule has 0 bridgehead atoms. The normalized spacial score (nSPS) is 22.3. The monoisotopic (exact) mass is 286 g/mol. The Morgan fingerprint density at radius 1 is 1.53 bits per heavy atom. The zero-order chi connectivity index (χ0) is 13.8. The van der Waals surface area contributed by atoms with E-state index >= 15 is 0 Å². The summed E-state index contributed by atoms with van der Waals surface area (Å²) in [5.74, 6) is -0.331. The summed E-state index contributed by atoms with van der Waals surface area (Å²) < 4.78 is 5.09. The predicted molar refractivity (Wildman–Crippen MR) is 70.1 cm³/mol. The quantitative estimate of drug-likeness (QED) is 0.804. The van der Waals surface area contributed by atoms with E-state index in [1.54, 1.807) is 0 Å². The smallest absolute Gasteiger partial charge is 0.314 e. The number of carbonyl (C=O) groups is 1. The van der Waals surface area contributed by atoms with Crippen LogP contribution in [0.1, 0.15) is 18.3 Å². The standard InChI is InChI=1S/C11H18N4O3S/c1-14-4-3-5-15(2)8(6-14)10-12-11(18-13-10)19-7-9(16)17/h8H,3-7H2,1-2H3,(H,16,17). The van der Waals surface area contributed by atoms with Gasteiger partial charge < -0.3 is 14.5 Å². The van der Waals surface area contributed by atoms with E-state index in [0.29, 0.717) is 11.0 Å². The van der Waals surface area contributed by atoms with E-state index in [9.17, 15) is 4.79 Å². The van der Waals surface area contributed by atoms with Crippen molar-refractivity contribution in [3.63, 3.8) is 0 Å². The van der Waals surface area contributed by atoms with Gasteiger partial charge in [-0.25, -0.2) is 0 Å². The highest BCUT2D eigenvalue weighted by Crippen LogP contribution is 2.23. The highest BCUT2D eigenvalue weighted by Gasteiger charge is 2.26. The SMILES string of the molecule is CN1CCCN(C)C(c2noc(SCC(=O)O)n2)C1. The molecule has 1 saturated heterocycles. The minimum absolute atomic E-state index is 0.0674. The minimum Gasteiger partial charge on any atom is -0.481 e. The molecule has 2 heterocycles. The number of carboxylic acids is 1. The Hall–Kier alpha value is -1.12. The second kappa shape index (κ2) is 6.36. The van der Waals surface area contributed by atoms with Crippen molar-refractivity contribution in [3.8, 4) is 0 Å². The van der Waals surface area contributed by atoms with Crippen LogP contribution in [0.2, 0.25) is 0 Å². The van der Waals surface area contributed by atoms with Gasteiger partial charge >= 0.3 is 5.97 Å². The molecular weight excluding hydrogens is 268 g/mol. The molecular formula is C11H18N4O3S. The number of aromatic nitrogens is 2. The van der Waals surface area contributed by atoms with Crippen molar-refractivity contribution in [2.75, 3.05) is 39.5 Å². The van der Waals surface area contributed by atoms with Crippen LogP contribution >= 0.6 is 11.8 Å². The Morgan fingerprint density at radius 3 is 3.05 bits per heavy atom. The van der Waals surface area contributed by atoms with Gasteiger partial charge in [-0.2, -0.15) is 4.98 Å². The molecule has 106 valence electrons. The summed E-state index contributed by atoms with van der Waals surface area (Å²) in [6, 6.07) is 0.0930. The summed E-state index contributed by atoms with van der Waals surface area (Å²) in [4.78, 5) is 19.2. The van der Waals surface area contributed by atoms with Gasteiger partial charge in [-0.3, -0.25) is 9.69 Å². The number of rotatable bonds is 4. The molecule has 0 spiro atoms. The summed E-state index contributed by atoms with van der Waals surface area (Å²) in [5, 5.41) is 12.9. The van der Waals surface area contributed by atoms with Crippen molar-refractivity contribution in [2.24, 2.45) is 0 Å². The molecule has 0 amide bonds. The van der Waals surface area contributed by atoms with Crippen molar-refractivity contribution in [3.05, 3.63) is 5.82 Å². The van der Waals surface area contributed by atoms with Gasteiger partial charge in [0.05, 0.1) is 6.04 Å². The third-order valence-corrected chi connectivity index (χ3v) is 3.91. The van der Waals surface area contributed by atoms with Crippen LogP contribution in [-0.4, -0.2) is 70.5 Å². The molecule has 0 radical (unpaired) electrons. The van der Waals surface area contributed by atoms with Crippen LogP contribution in [0, 0.1) is 0 Å². The molecule has 1 aliphatic rings. The van der Waals surface area contributed by atoms with Crippen LogP contribution in [0.25, 0.3) is 0 Å². The first-order valence-electron chi connectivity index (χ1n) is 6.13. The molecule has 1 unspecified atom stereocenters. The van der Waals surface area contributed by atoms with Gasteiger partial charge in [0.15, 0.2) is 5.82 Å². The third-order valence-electron chi connectivity index (χ3n) is 3.11. The third kappa shape index (κ3) is 3.92. The van der Waals surface area contributed by atoms with E-state index < -0.39 is 5.97 Å². The lowest BCUT2D eigenvalue weighted by molar-refractivity contribution is -0.133. The first kappa shape index (κ1) is 14.3. The van der Waals surface area contributed by atoms with Gasteiger partial charge in [-0.1, -0.05) is 16.9 Å². The molecule has 2 rings (SSSR count). The fraction of sp³-hybridized carbons (Fsp3) is 0.727. The highest BCUT2D eigenvalue weighted by atomic mass is 32.2. The lowest BCUT2D eigenvalue weighted by Gasteiger charge is -2.24. The Bertz CT molecular complexity index is 439. The number of nitrogens with zero attached hydrogens (tertiary/aromatic N) is 4. The Kier molecular flexibility index (Phi) is 4.78. The lowest BCUT2D eigenvalue weighted by Crippen LogP contribution is -2.31. The van der Waals surface area contributed by atoms with Crippen LogP contribution < -0.4 is 0 Å². The molecule has 0 aliphatic carbocycles. The molecule has 1 atom stereocenters. The van der Waals surface area contributed by atoms with E-state index in [1.165, 1.54) is 0 Å². The fourth-order valence-corrected chi connectivity index (χ4v) is 2.58. The van der Waals surface area contributed by atoms with Crippen molar-refractivity contribution >= 4 is 17.7 Å². The van der Waals surface area contributed by atoms with Gasteiger partial charge in [0, 0.05) is 6.54 Å². The minimum atomic E-state index is -0.893. The lowest BCUT2D eigenvalue weighted by atomic mass is 10.2. The van der Waals surface area contributed by atoms with Crippen molar-refractivity contribution in [2.45, 2.75) is 17.7 Å². The first-order chi connectivity index (χ1) is 9.06. The summed E-state index contributed by atoms with van der Waals surface area (Å²) in [6.45, 7) is 2.89. The highest BCUT2D eigenvalue weighted by molar-refractivity contribution is 7.99. The van der Waals surface area contributed by atoms with Crippen LogP contribution in [-0.2, 0) is 4.79 Å². The molecule has 1 aromatic rings. The molecule has 1 aromatic heterocycles. The molecule has 0 saturated carbocycles. The number of carboxylic acid groups (broad SMARTS) is 1. The van der Waals surface area contributed by atoms with Crippen molar-refractivity contribution < 1.29 is 14.4 Å². The summed E-state index contributed by atoms with van der Waals surface area (Å²) in [5.41, 5.74) is 0. The van der Waals surface area contributed by atoms with Crippen LogP contribution in [0.5, 0.6) is 0 Å². The van der Waals surface area contributed by atoms with Gasteiger partial charge in [0.1, 0.15) is 5.75 Å². The maximum absolute atomic E-state index is 10.5. The Morgan fingerprint density at radius 2 is 2.32 bits per heavy atom.